The first kappa shape index (κ1) is 9.39. The van der Waals surface area contributed by atoms with Crippen LogP contribution in [0.2, 0.25) is 0 Å². The van der Waals surface area contributed by atoms with Gasteiger partial charge in [0.1, 0.15) is 0 Å². The summed E-state index contributed by atoms with van der Waals surface area (Å²) < 4.78 is 0. The summed E-state index contributed by atoms with van der Waals surface area (Å²) in [6.45, 7) is 1.25. The molecule has 0 rings (SSSR count). The van der Waals surface area contributed by atoms with Gasteiger partial charge in [-0.15, -0.1) is 0 Å². The van der Waals surface area contributed by atoms with Gasteiger partial charge in [0.25, 0.3) is 0 Å². The number of rotatable bonds is 4. The van der Waals surface area contributed by atoms with E-state index in [2.05, 4.69) is 5.32 Å². The maximum absolute atomic E-state index is 10.3. The minimum Gasteiger partial charge on any atom is -0.480 e. The Labute approximate surface area is 63.2 Å². The van der Waals surface area contributed by atoms with Crippen molar-refractivity contribution in [3.05, 3.63) is 0 Å². The number of carboxylic acids is 1. The molecule has 0 bridgehead atoms. The molecule has 4 nitrogen and oxygen atoms in total. The molecular weight excluding hydrogens is 158 g/mol. The number of hydrogen-bond acceptors (Lipinski definition) is 3. The van der Waals surface area contributed by atoms with E-state index >= 15 is 0 Å². The maximum atomic E-state index is 10.3. The number of carbonyl (C=O) groups excluding carboxylic acids is 1. The first-order valence-electron chi connectivity index (χ1n) is 2.68. The summed E-state index contributed by atoms with van der Waals surface area (Å²) in [5.41, 5.74) is 0. The van der Waals surface area contributed by atoms with Crippen LogP contribution < -0.4 is 5.32 Å². The lowest BCUT2D eigenvalue weighted by Crippen LogP contribution is -2.35. The van der Waals surface area contributed by atoms with Gasteiger partial charge in [-0.05, 0) is 18.5 Å². The topological polar surface area (TPSA) is 66.4 Å². The predicted octanol–water partition coefficient (Wildman–Crippen LogP) is -0.186. The van der Waals surface area contributed by atoms with Crippen LogP contribution in [0.4, 0.5) is 0 Å². The van der Waals surface area contributed by atoms with Gasteiger partial charge in [-0.1, -0.05) is 0 Å². The molecule has 0 aliphatic carbocycles. The van der Waals surface area contributed by atoms with Crippen LogP contribution in [0.25, 0.3) is 0 Å². The first-order chi connectivity index (χ1) is 4.54. The van der Waals surface area contributed by atoms with Crippen LogP contribution in [0, 0.1) is 0 Å². The number of carboxylic acid groups (broad SMARTS) is 1. The van der Waals surface area contributed by atoms with E-state index in [1.807, 2.05) is 0 Å². The first-order valence-corrected chi connectivity index (χ1v) is 3.06. The average Bonchev–Trinajstić information content (AvgIpc) is 1.82. The molecular formula is C5H8ClNO3. The van der Waals surface area contributed by atoms with E-state index < -0.39 is 17.3 Å². The smallest absolute Gasteiger partial charge is 0.317 e. The van der Waals surface area contributed by atoms with E-state index in [-0.39, 0.29) is 6.54 Å². The second-order valence-corrected chi connectivity index (χ2v) is 2.17. The Morgan fingerprint density at radius 2 is 2.20 bits per heavy atom. The standard InChI is InChI=1S/C5H8ClNO3/c1-3(5(6)10)7-2-4(8)9/h3,7H,2H2,1H3,(H,8,9). The van der Waals surface area contributed by atoms with Crippen molar-refractivity contribution in [1.82, 2.24) is 5.32 Å². The van der Waals surface area contributed by atoms with Crippen LogP contribution in [0.15, 0.2) is 0 Å². The molecule has 2 N–H and O–H groups in total. The Hall–Kier alpha value is -0.610. The summed E-state index contributed by atoms with van der Waals surface area (Å²) in [7, 11) is 0. The lowest BCUT2D eigenvalue weighted by atomic mass is 10.4. The number of hydrogen-bond donors (Lipinski definition) is 2. The Bertz CT molecular complexity index is 148. The fourth-order valence-electron chi connectivity index (χ4n) is 0.321. The fraction of sp³-hybridized carbons (Fsp3) is 0.600. The predicted molar refractivity (Wildman–Crippen MR) is 36.0 cm³/mol. The minimum absolute atomic E-state index is 0.250. The summed E-state index contributed by atoms with van der Waals surface area (Å²) in [5.74, 6) is -1.01. The second kappa shape index (κ2) is 4.24. The summed E-state index contributed by atoms with van der Waals surface area (Å²) in [5, 5.41) is 9.95. The highest BCUT2D eigenvalue weighted by atomic mass is 35.5. The Balaban J connectivity index is 3.49. The molecule has 0 aliphatic heterocycles. The van der Waals surface area contributed by atoms with Gasteiger partial charge >= 0.3 is 5.97 Å². The number of halogens is 1. The van der Waals surface area contributed by atoms with Gasteiger partial charge in [0.15, 0.2) is 0 Å². The molecule has 58 valence electrons. The van der Waals surface area contributed by atoms with E-state index in [0.717, 1.165) is 0 Å². The number of carbonyl (C=O) groups is 2. The van der Waals surface area contributed by atoms with E-state index in [9.17, 15) is 9.59 Å². The molecule has 0 aromatic heterocycles. The van der Waals surface area contributed by atoms with Crippen LogP contribution in [-0.4, -0.2) is 28.9 Å². The molecule has 5 heteroatoms. The summed E-state index contributed by atoms with van der Waals surface area (Å²) in [6, 6.07) is -0.599. The fourth-order valence-corrected chi connectivity index (χ4v) is 0.398. The van der Waals surface area contributed by atoms with E-state index in [4.69, 9.17) is 16.7 Å². The molecule has 0 saturated heterocycles. The normalized spacial score (nSPS) is 12.6. The molecule has 0 amide bonds. The molecule has 10 heavy (non-hydrogen) atoms. The average molecular weight is 166 g/mol. The third-order valence-corrected chi connectivity index (χ3v) is 1.23. The quantitative estimate of drug-likeness (QED) is 0.567. The molecule has 0 saturated carbocycles. The third kappa shape index (κ3) is 4.29. The van der Waals surface area contributed by atoms with Crippen LogP contribution in [0.1, 0.15) is 6.92 Å². The Morgan fingerprint density at radius 1 is 1.70 bits per heavy atom. The van der Waals surface area contributed by atoms with Crippen molar-refractivity contribution < 1.29 is 14.7 Å². The van der Waals surface area contributed by atoms with Gasteiger partial charge in [-0.25, -0.2) is 0 Å². The second-order valence-electron chi connectivity index (χ2n) is 1.80. The van der Waals surface area contributed by atoms with Gasteiger partial charge < -0.3 is 5.11 Å². The lowest BCUT2D eigenvalue weighted by molar-refractivity contribution is -0.136. The van der Waals surface area contributed by atoms with Crippen LogP contribution in [-0.2, 0) is 9.59 Å². The third-order valence-electron chi connectivity index (χ3n) is 0.900. The Morgan fingerprint density at radius 3 is 2.50 bits per heavy atom. The van der Waals surface area contributed by atoms with Crippen molar-refractivity contribution >= 4 is 22.8 Å². The van der Waals surface area contributed by atoms with Gasteiger partial charge in [-0.3, -0.25) is 14.9 Å². The van der Waals surface area contributed by atoms with Crippen molar-refractivity contribution in [2.24, 2.45) is 0 Å². The molecule has 0 radical (unpaired) electrons. The van der Waals surface area contributed by atoms with Crippen molar-refractivity contribution in [2.45, 2.75) is 13.0 Å². The number of aliphatic carboxylic acids is 1. The molecule has 0 aliphatic rings. The largest absolute Gasteiger partial charge is 0.480 e. The van der Waals surface area contributed by atoms with Crippen molar-refractivity contribution in [2.75, 3.05) is 6.54 Å². The molecule has 0 spiro atoms. The van der Waals surface area contributed by atoms with E-state index in [1.54, 1.807) is 0 Å². The molecule has 1 unspecified atom stereocenters. The van der Waals surface area contributed by atoms with Crippen molar-refractivity contribution in [1.29, 1.82) is 0 Å². The van der Waals surface area contributed by atoms with E-state index in [0.29, 0.717) is 0 Å². The van der Waals surface area contributed by atoms with Crippen LogP contribution >= 0.6 is 11.6 Å². The molecule has 1 atom stereocenters. The molecule has 0 heterocycles. The monoisotopic (exact) mass is 165 g/mol. The Kier molecular flexibility index (Phi) is 3.99. The zero-order valence-corrected chi connectivity index (χ0v) is 6.18. The number of nitrogens with one attached hydrogen (secondary N) is 1. The molecule has 0 aromatic carbocycles. The summed E-state index contributed by atoms with van der Waals surface area (Å²) in [4.78, 5) is 20.2. The highest BCUT2D eigenvalue weighted by Gasteiger charge is 2.09. The summed E-state index contributed by atoms with van der Waals surface area (Å²) >= 11 is 5.02. The molecule has 0 fully saturated rings. The SMILES string of the molecule is CC(NCC(=O)O)C(=O)Cl. The maximum Gasteiger partial charge on any atom is 0.317 e. The van der Waals surface area contributed by atoms with Gasteiger partial charge in [0, 0.05) is 0 Å². The lowest BCUT2D eigenvalue weighted by Gasteiger charge is -2.04. The van der Waals surface area contributed by atoms with Crippen LogP contribution in [0.5, 0.6) is 0 Å². The van der Waals surface area contributed by atoms with Crippen LogP contribution in [0.3, 0.4) is 0 Å². The molecule has 0 aromatic rings. The highest BCUT2D eigenvalue weighted by Crippen LogP contribution is 1.87. The zero-order chi connectivity index (χ0) is 8.15. The van der Waals surface area contributed by atoms with Crippen molar-refractivity contribution in [3.8, 4) is 0 Å². The highest BCUT2D eigenvalue weighted by molar-refractivity contribution is 6.64. The minimum atomic E-state index is -1.01. The summed E-state index contributed by atoms with van der Waals surface area (Å²) in [6.07, 6.45) is 0. The zero-order valence-electron chi connectivity index (χ0n) is 5.43. The van der Waals surface area contributed by atoms with Gasteiger partial charge in [0.05, 0.1) is 12.6 Å². The van der Waals surface area contributed by atoms with Gasteiger partial charge in [0.2, 0.25) is 5.24 Å². The van der Waals surface area contributed by atoms with E-state index in [1.165, 1.54) is 6.92 Å². The van der Waals surface area contributed by atoms with Crippen molar-refractivity contribution in [3.63, 3.8) is 0 Å². The van der Waals surface area contributed by atoms with Gasteiger partial charge in [-0.2, -0.15) is 0 Å².